The fourth-order valence-corrected chi connectivity index (χ4v) is 1.26. The average molecular weight is 222 g/mol. The lowest BCUT2D eigenvalue weighted by molar-refractivity contribution is -0.118. The van der Waals surface area contributed by atoms with Crippen molar-refractivity contribution in [2.24, 2.45) is 5.73 Å². The van der Waals surface area contributed by atoms with Crippen LogP contribution in [0.4, 0.5) is 5.69 Å². The van der Waals surface area contributed by atoms with Gasteiger partial charge in [-0.05, 0) is 18.6 Å². The molecule has 0 bridgehead atoms. The zero-order chi connectivity index (χ0) is 11.8. The first-order valence-electron chi connectivity index (χ1n) is 5.48. The van der Waals surface area contributed by atoms with E-state index in [2.05, 4.69) is 12.2 Å². The summed E-state index contributed by atoms with van der Waals surface area (Å²) in [6, 6.07) is 7.67. The second kappa shape index (κ2) is 6.71. The molecule has 0 aliphatic heterocycles. The van der Waals surface area contributed by atoms with E-state index in [0.717, 1.165) is 24.4 Å². The summed E-state index contributed by atoms with van der Waals surface area (Å²) in [5, 5.41) is 3.26. The molecule has 0 heterocycles. The van der Waals surface area contributed by atoms with E-state index >= 15 is 0 Å². The normalized spacial score (nSPS) is 9.81. The van der Waals surface area contributed by atoms with E-state index in [1.54, 1.807) is 0 Å². The predicted octanol–water partition coefficient (Wildman–Crippen LogP) is 1.76. The SMILES string of the molecule is CCCNc1ccccc1OCCC(N)=O. The number of nitrogens with two attached hydrogens (primary N) is 1. The number of rotatable bonds is 7. The van der Waals surface area contributed by atoms with Gasteiger partial charge in [0.1, 0.15) is 5.75 Å². The van der Waals surface area contributed by atoms with Crippen LogP contribution in [-0.4, -0.2) is 19.1 Å². The number of para-hydroxylation sites is 2. The first kappa shape index (κ1) is 12.4. The zero-order valence-corrected chi connectivity index (χ0v) is 9.53. The Labute approximate surface area is 95.8 Å². The third-order valence-corrected chi connectivity index (χ3v) is 2.06. The highest BCUT2D eigenvalue weighted by molar-refractivity contribution is 5.73. The maximum atomic E-state index is 10.6. The molecule has 4 nitrogen and oxygen atoms in total. The Hall–Kier alpha value is -1.71. The molecule has 0 aliphatic carbocycles. The number of anilines is 1. The molecule has 1 rings (SSSR count). The van der Waals surface area contributed by atoms with Crippen molar-refractivity contribution in [3.8, 4) is 5.75 Å². The van der Waals surface area contributed by atoms with E-state index in [4.69, 9.17) is 10.5 Å². The molecular formula is C12H18N2O2. The molecule has 1 amide bonds. The summed E-state index contributed by atoms with van der Waals surface area (Å²) in [5.74, 6) is 0.413. The molecule has 0 unspecified atom stereocenters. The van der Waals surface area contributed by atoms with Crippen molar-refractivity contribution in [1.82, 2.24) is 0 Å². The van der Waals surface area contributed by atoms with Crippen LogP contribution in [0, 0.1) is 0 Å². The molecule has 0 aliphatic rings. The highest BCUT2D eigenvalue weighted by atomic mass is 16.5. The molecule has 16 heavy (non-hydrogen) atoms. The molecule has 0 atom stereocenters. The number of benzene rings is 1. The highest BCUT2D eigenvalue weighted by Gasteiger charge is 2.02. The minimum absolute atomic E-state index is 0.238. The van der Waals surface area contributed by atoms with Gasteiger partial charge in [-0.25, -0.2) is 0 Å². The van der Waals surface area contributed by atoms with Gasteiger partial charge < -0.3 is 15.8 Å². The lowest BCUT2D eigenvalue weighted by Gasteiger charge is -2.11. The fraction of sp³-hybridized carbons (Fsp3) is 0.417. The van der Waals surface area contributed by atoms with E-state index in [1.165, 1.54) is 0 Å². The molecule has 1 aromatic rings. The van der Waals surface area contributed by atoms with Crippen molar-refractivity contribution >= 4 is 11.6 Å². The van der Waals surface area contributed by atoms with E-state index in [-0.39, 0.29) is 12.3 Å². The largest absolute Gasteiger partial charge is 0.491 e. The van der Waals surface area contributed by atoms with Crippen molar-refractivity contribution in [2.45, 2.75) is 19.8 Å². The van der Waals surface area contributed by atoms with Gasteiger partial charge in [0, 0.05) is 6.54 Å². The predicted molar refractivity (Wildman–Crippen MR) is 64.5 cm³/mol. The number of carbonyl (C=O) groups is 1. The van der Waals surface area contributed by atoms with Crippen LogP contribution in [0.15, 0.2) is 24.3 Å². The number of nitrogens with one attached hydrogen (secondary N) is 1. The van der Waals surface area contributed by atoms with Gasteiger partial charge in [-0.2, -0.15) is 0 Å². The van der Waals surface area contributed by atoms with Crippen LogP contribution in [0.3, 0.4) is 0 Å². The van der Waals surface area contributed by atoms with Crippen LogP contribution in [0.5, 0.6) is 5.75 Å². The van der Waals surface area contributed by atoms with Crippen molar-refractivity contribution in [2.75, 3.05) is 18.5 Å². The van der Waals surface area contributed by atoms with E-state index < -0.39 is 0 Å². The van der Waals surface area contributed by atoms with Crippen LogP contribution >= 0.6 is 0 Å². The highest BCUT2D eigenvalue weighted by Crippen LogP contribution is 2.23. The van der Waals surface area contributed by atoms with Crippen LogP contribution < -0.4 is 15.8 Å². The Balaban J connectivity index is 2.52. The number of primary amides is 1. The Bertz CT molecular complexity index is 340. The molecular weight excluding hydrogens is 204 g/mol. The molecule has 3 N–H and O–H groups in total. The Morgan fingerprint density at radius 1 is 1.44 bits per heavy atom. The van der Waals surface area contributed by atoms with Gasteiger partial charge in [-0.1, -0.05) is 19.1 Å². The smallest absolute Gasteiger partial charge is 0.220 e. The van der Waals surface area contributed by atoms with E-state index in [1.807, 2.05) is 24.3 Å². The molecule has 0 aromatic heterocycles. The van der Waals surface area contributed by atoms with Gasteiger partial charge in [-0.15, -0.1) is 0 Å². The molecule has 1 aromatic carbocycles. The summed E-state index contributed by atoms with van der Waals surface area (Å²) in [6.07, 6.45) is 1.29. The van der Waals surface area contributed by atoms with Crippen LogP contribution in [0.2, 0.25) is 0 Å². The molecule has 0 radical (unpaired) electrons. The number of carbonyl (C=O) groups excluding carboxylic acids is 1. The maximum absolute atomic E-state index is 10.6. The van der Waals surface area contributed by atoms with Gasteiger partial charge in [0.15, 0.2) is 0 Å². The summed E-state index contributed by atoms with van der Waals surface area (Å²) in [7, 11) is 0. The Morgan fingerprint density at radius 2 is 2.19 bits per heavy atom. The minimum Gasteiger partial charge on any atom is -0.491 e. The quantitative estimate of drug-likeness (QED) is 0.739. The lowest BCUT2D eigenvalue weighted by Crippen LogP contribution is -2.15. The monoisotopic (exact) mass is 222 g/mol. The van der Waals surface area contributed by atoms with Crippen molar-refractivity contribution in [3.05, 3.63) is 24.3 Å². The lowest BCUT2D eigenvalue weighted by atomic mass is 10.3. The van der Waals surface area contributed by atoms with Gasteiger partial charge >= 0.3 is 0 Å². The molecule has 0 spiro atoms. The minimum atomic E-state index is -0.348. The Morgan fingerprint density at radius 3 is 2.88 bits per heavy atom. The van der Waals surface area contributed by atoms with Crippen LogP contribution in [-0.2, 0) is 4.79 Å². The molecule has 0 saturated carbocycles. The Kier molecular flexibility index (Phi) is 5.19. The summed E-state index contributed by atoms with van der Waals surface area (Å²) < 4.78 is 5.48. The number of hydrogen-bond acceptors (Lipinski definition) is 3. The topological polar surface area (TPSA) is 64.3 Å². The van der Waals surface area contributed by atoms with Gasteiger partial charge in [0.05, 0.1) is 18.7 Å². The van der Waals surface area contributed by atoms with Gasteiger partial charge in [-0.3, -0.25) is 4.79 Å². The molecule has 0 saturated heterocycles. The summed E-state index contributed by atoms with van der Waals surface area (Å²) in [5.41, 5.74) is 5.99. The number of amides is 1. The van der Waals surface area contributed by atoms with E-state index in [9.17, 15) is 4.79 Å². The average Bonchev–Trinajstić information content (AvgIpc) is 2.27. The van der Waals surface area contributed by atoms with Gasteiger partial charge in [0.25, 0.3) is 0 Å². The van der Waals surface area contributed by atoms with E-state index in [0.29, 0.717) is 6.61 Å². The van der Waals surface area contributed by atoms with Crippen molar-refractivity contribution in [3.63, 3.8) is 0 Å². The zero-order valence-electron chi connectivity index (χ0n) is 9.53. The maximum Gasteiger partial charge on any atom is 0.220 e. The van der Waals surface area contributed by atoms with Crippen LogP contribution in [0.1, 0.15) is 19.8 Å². The van der Waals surface area contributed by atoms with Crippen molar-refractivity contribution in [1.29, 1.82) is 0 Å². The number of hydrogen-bond donors (Lipinski definition) is 2. The second-order valence-corrected chi connectivity index (χ2v) is 3.49. The van der Waals surface area contributed by atoms with Gasteiger partial charge in [0.2, 0.25) is 5.91 Å². The van der Waals surface area contributed by atoms with Crippen LogP contribution in [0.25, 0.3) is 0 Å². The first-order chi connectivity index (χ1) is 7.74. The fourth-order valence-electron chi connectivity index (χ4n) is 1.26. The molecule has 4 heteroatoms. The molecule has 88 valence electrons. The second-order valence-electron chi connectivity index (χ2n) is 3.49. The summed E-state index contributed by atoms with van der Waals surface area (Å²) in [4.78, 5) is 10.6. The third kappa shape index (κ3) is 4.21. The number of ether oxygens (including phenoxy) is 1. The standard InChI is InChI=1S/C12H18N2O2/c1-2-8-14-10-5-3-4-6-11(10)16-9-7-12(13)15/h3-6,14H,2,7-9H2,1H3,(H2,13,15). The summed E-state index contributed by atoms with van der Waals surface area (Å²) >= 11 is 0. The first-order valence-corrected chi connectivity index (χ1v) is 5.48. The molecule has 0 fully saturated rings. The summed E-state index contributed by atoms with van der Waals surface area (Å²) in [6.45, 7) is 3.32. The van der Waals surface area contributed by atoms with Crippen molar-refractivity contribution < 1.29 is 9.53 Å². The third-order valence-electron chi connectivity index (χ3n) is 2.06.